The van der Waals surface area contributed by atoms with E-state index in [9.17, 15) is 18.0 Å². The number of benzene rings is 2. The molecule has 150 valence electrons. The van der Waals surface area contributed by atoms with Gasteiger partial charge in [-0.1, -0.05) is 60.7 Å². The van der Waals surface area contributed by atoms with Gasteiger partial charge in [0.2, 0.25) is 5.91 Å². The Bertz CT molecular complexity index is 710. The molecule has 1 atom stereocenters. The normalized spacial score (nSPS) is 17.7. The number of alkyl halides is 3. The molecule has 28 heavy (non-hydrogen) atoms. The number of rotatable bonds is 6. The lowest BCUT2D eigenvalue weighted by atomic mass is 9.86. The van der Waals surface area contributed by atoms with Crippen molar-refractivity contribution in [2.24, 2.45) is 0 Å². The van der Waals surface area contributed by atoms with Crippen molar-refractivity contribution in [3.05, 3.63) is 71.8 Å². The van der Waals surface area contributed by atoms with Gasteiger partial charge in [-0.15, -0.1) is 0 Å². The second-order valence-electron chi connectivity index (χ2n) is 7.06. The number of ether oxygens (including phenoxy) is 1. The highest BCUT2D eigenvalue weighted by molar-refractivity contribution is 5.76. The highest BCUT2D eigenvalue weighted by Gasteiger charge is 2.32. The van der Waals surface area contributed by atoms with E-state index < -0.39 is 24.9 Å². The van der Waals surface area contributed by atoms with Crippen LogP contribution in [0.2, 0.25) is 0 Å². The zero-order valence-corrected chi connectivity index (χ0v) is 15.6. The highest BCUT2D eigenvalue weighted by atomic mass is 19.4. The number of carbonyl (C=O) groups is 1. The standard InChI is InChI=1S/C22H24F3NO2/c23-22(24,25)12-11-21(27)26-13-14-28-19(16-26)15-20(17-7-3-1-4-8-17)18-9-5-2-6-10-18/h1-10,19-20H,11-16H2. The fourth-order valence-corrected chi connectivity index (χ4v) is 3.59. The van der Waals surface area contributed by atoms with E-state index in [-0.39, 0.29) is 12.0 Å². The van der Waals surface area contributed by atoms with Gasteiger partial charge < -0.3 is 9.64 Å². The van der Waals surface area contributed by atoms with E-state index >= 15 is 0 Å². The molecule has 1 heterocycles. The summed E-state index contributed by atoms with van der Waals surface area (Å²) in [5.74, 6) is -0.362. The van der Waals surface area contributed by atoms with E-state index in [0.29, 0.717) is 26.1 Å². The molecule has 1 unspecified atom stereocenters. The van der Waals surface area contributed by atoms with Crippen molar-refractivity contribution in [1.82, 2.24) is 4.90 Å². The monoisotopic (exact) mass is 391 g/mol. The van der Waals surface area contributed by atoms with Crippen LogP contribution in [0.5, 0.6) is 0 Å². The molecule has 1 amide bonds. The Morgan fingerprint density at radius 1 is 1.04 bits per heavy atom. The predicted molar refractivity (Wildman–Crippen MR) is 101 cm³/mol. The van der Waals surface area contributed by atoms with Crippen molar-refractivity contribution in [3.8, 4) is 0 Å². The highest BCUT2D eigenvalue weighted by Crippen LogP contribution is 2.31. The number of carbonyl (C=O) groups excluding carboxylic acids is 1. The van der Waals surface area contributed by atoms with Crippen LogP contribution in [0, 0.1) is 0 Å². The molecule has 0 aromatic heterocycles. The zero-order valence-electron chi connectivity index (χ0n) is 15.6. The minimum atomic E-state index is -4.31. The molecule has 1 fully saturated rings. The topological polar surface area (TPSA) is 29.5 Å². The Morgan fingerprint density at radius 2 is 1.61 bits per heavy atom. The Kier molecular flexibility index (Phi) is 6.73. The molecule has 1 aliphatic rings. The summed E-state index contributed by atoms with van der Waals surface area (Å²) in [4.78, 5) is 13.7. The first-order valence-electron chi connectivity index (χ1n) is 9.48. The van der Waals surface area contributed by atoms with Gasteiger partial charge >= 0.3 is 6.18 Å². The molecule has 0 saturated carbocycles. The first-order chi connectivity index (χ1) is 13.4. The van der Waals surface area contributed by atoms with E-state index in [1.54, 1.807) is 0 Å². The van der Waals surface area contributed by atoms with Crippen molar-refractivity contribution >= 4 is 5.91 Å². The fraction of sp³-hybridized carbons (Fsp3) is 0.409. The molecule has 1 saturated heterocycles. The quantitative estimate of drug-likeness (QED) is 0.709. The Labute approximate surface area is 163 Å². The molecule has 0 radical (unpaired) electrons. The maximum absolute atomic E-state index is 12.4. The van der Waals surface area contributed by atoms with E-state index in [1.807, 2.05) is 36.4 Å². The molecule has 2 aromatic carbocycles. The average molecular weight is 391 g/mol. The Balaban J connectivity index is 1.68. The molecule has 0 bridgehead atoms. The fourth-order valence-electron chi connectivity index (χ4n) is 3.59. The zero-order chi connectivity index (χ0) is 20.0. The number of hydrogen-bond acceptors (Lipinski definition) is 2. The molecule has 3 nitrogen and oxygen atoms in total. The summed E-state index contributed by atoms with van der Waals surface area (Å²) in [6, 6.07) is 20.1. The predicted octanol–water partition coefficient (Wildman–Crippen LogP) is 4.78. The number of amides is 1. The van der Waals surface area contributed by atoms with E-state index in [0.717, 1.165) is 11.1 Å². The summed E-state index contributed by atoms with van der Waals surface area (Å²) in [5.41, 5.74) is 2.30. The SMILES string of the molecule is O=C(CCC(F)(F)F)N1CCOC(CC(c2ccccc2)c2ccccc2)C1. The van der Waals surface area contributed by atoms with Crippen LogP contribution < -0.4 is 0 Å². The van der Waals surface area contributed by atoms with Gasteiger partial charge in [0, 0.05) is 25.4 Å². The summed E-state index contributed by atoms with van der Waals surface area (Å²) >= 11 is 0. The molecule has 0 aliphatic carbocycles. The lowest BCUT2D eigenvalue weighted by Crippen LogP contribution is -2.46. The average Bonchev–Trinajstić information content (AvgIpc) is 2.71. The van der Waals surface area contributed by atoms with Crippen molar-refractivity contribution in [2.75, 3.05) is 19.7 Å². The number of morpholine rings is 1. The lowest BCUT2D eigenvalue weighted by molar-refractivity contribution is -0.153. The van der Waals surface area contributed by atoms with Crippen LogP contribution in [0.4, 0.5) is 13.2 Å². The van der Waals surface area contributed by atoms with Gasteiger partial charge in [-0.2, -0.15) is 13.2 Å². The number of nitrogens with zero attached hydrogens (tertiary/aromatic N) is 1. The Morgan fingerprint density at radius 3 is 2.14 bits per heavy atom. The van der Waals surface area contributed by atoms with Gasteiger partial charge in [-0.25, -0.2) is 0 Å². The van der Waals surface area contributed by atoms with Crippen LogP contribution in [0.3, 0.4) is 0 Å². The summed E-state index contributed by atoms with van der Waals surface area (Å²) in [6.45, 7) is 1.01. The molecule has 2 aromatic rings. The second-order valence-corrected chi connectivity index (χ2v) is 7.06. The number of halogens is 3. The van der Waals surface area contributed by atoms with Crippen LogP contribution in [0.1, 0.15) is 36.3 Å². The maximum atomic E-state index is 12.4. The first-order valence-corrected chi connectivity index (χ1v) is 9.48. The van der Waals surface area contributed by atoms with E-state index in [1.165, 1.54) is 4.90 Å². The first kappa shape index (κ1) is 20.4. The Hall–Kier alpha value is -2.34. The molecular weight excluding hydrogens is 367 g/mol. The number of hydrogen-bond donors (Lipinski definition) is 0. The van der Waals surface area contributed by atoms with Crippen molar-refractivity contribution in [2.45, 2.75) is 37.5 Å². The van der Waals surface area contributed by atoms with E-state index in [4.69, 9.17) is 4.74 Å². The van der Waals surface area contributed by atoms with Crippen molar-refractivity contribution < 1.29 is 22.7 Å². The van der Waals surface area contributed by atoms with E-state index in [2.05, 4.69) is 24.3 Å². The van der Waals surface area contributed by atoms with Crippen LogP contribution >= 0.6 is 0 Å². The molecule has 1 aliphatic heterocycles. The van der Waals surface area contributed by atoms with Crippen LogP contribution in [0.15, 0.2) is 60.7 Å². The summed E-state index contributed by atoms with van der Waals surface area (Å²) in [5, 5.41) is 0. The molecule has 0 N–H and O–H groups in total. The van der Waals surface area contributed by atoms with Gasteiger partial charge in [-0.3, -0.25) is 4.79 Å². The van der Waals surface area contributed by atoms with Gasteiger partial charge in [0.15, 0.2) is 0 Å². The minimum Gasteiger partial charge on any atom is -0.375 e. The third kappa shape index (κ3) is 5.83. The molecular formula is C22H24F3NO2. The van der Waals surface area contributed by atoms with Crippen LogP contribution in [0.25, 0.3) is 0 Å². The summed E-state index contributed by atoms with van der Waals surface area (Å²) in [7, 11) is 0. The van der Waals surface area contributed by atoms with Crippen LogP contribution in [-0.4, -0.2) is 42.8 Å². The molecule has 3 rings (SSSR count). The van der Waals surface area contributed by atoms with Crippen LogP contribution in [-0.2, 0) is 9.53 Å². The third-order valence-corrected chi connectivity index (χ3v) is 5.02. The molecule has 6 heteroatoms. The third-order valence-electron chi connectivity index (χ3n) is 5.02. The van der Waals surface area contributed by atoms with Gasteiger partial charge in [0.05, 0.1) is 19.1 Å². The van der Waals surface area contributed by atoms with Crippen molar-refractivity contribution in [1.29, 1.82) is 0 Å². The maximum Gasteiger partial charge on any atom is 0.389 e. The molecule has 0 spiro atoms. The van der Waals surface area contributed by atoms with Gasteiger partial charge in [-0.05, 0) is 17.5 Å². The van der Waals surface area contributed by atoms with Gasteiger partial charge in [0.25, 0.3) is 0 Å². The smallest absolute Gasteiger partial charge is 0.375 e. The largest absolute Gasteiger partial charge is 0.389 e. The summed E-state index contributed by atoms with van der Waals surface area (Å²) in [6.07, 6.45) is -5.44. The minimum absolute atomic E-state index is 0.0950. The van der Waals surface area contributed by atoms with Gasteiger partial charge in [0.1, 0.15) is 0 Å². The van der Waals surface area contributed by atoms with Crippen molar-refractivity contribution in [3.63, 3.8) is 0 Å². The second kappa shape index (κ2) is 9.24. The summed E-state index contributed by atoms with van der Waals surface area (Å²) < 4.78 is 43.1. The lowest BCUT2D eigenvalue weighted by Gasteiger charge is -2.35.